The minimum atomic E-state index is -1.93. The molecular weight excluding hydrogens is 568 g/mol. The molecule has 12 N–H and O–H groups in total. The van der Waals surface area contributed by atoms with E-state index in [2.05, 4.69) is 0 Å². The standard InChI is InChI=1S/C22H38O19/c23-5-1-35-20(15(31)9(5)25)37-3-7-11(27)12(28)17(33)22(40-7)41-18-8(39-19(34)14(30)13(18)29)4-38-21-16(32)10(26)6(24)2-36-21/h5-34H,1-4H2/t5-,6-,7-,8-,9+,10+,11-,12+,13-,14-,15-,16-,17-,18-,19-,20-,21-,22+/m1/s1. The van der Waals surface area contributed by atoms with E-state index < -0.39 is 124 Å². The van der Waals surface area contributed by atoms with Crippen LogP contribution in [0.5, 0.6) is 0 Å². The quantitative estimate of drug-likeness (QED) is 0.122. The van der Waals surface area contributed by atoms with Crippen LogP contribution < -0.4 is 0 Å². The summed E-state index contributed by atoms with van der Waals surface area (Å²) in [4.78, 5) is 0. The van der Waals surface area contributed by atoms with Crippen molar-refractivity contribution in [3.63, 3.8) is 0 Å². The van der Waals surface area contributed by atoms with Gasteiger partial charge in [0.25, 0.3) is 0 Å². The molecule has 4 rings (SSSR count). The molecule has 240 valence electrons. The maximum absolute atomic E-state index is 10.6. The molecule has 41 heavy (non-hydrogen) atoms. The minimum Gasteiger partial charge on any atom is -0.388 e. The van der Waals surface area contributed by atoms with Crippen molar-refractivity contribution in [3.05, 3.63) is 0 Å². The van der Waals surface area contributed by atoms with E-state index >= 15 is 0 Å². The molecule has 0 radical (unpaired) electrons. The van der Waals surface area contributed by atoms with E-state index in [0.717, 1.165) is 0 Å². The van der Waals surface area contributed by atoms with Gasteiger partial charge < -0.3 is 94.4 Å². The lowest BCUT2D eigenvalue weighted by atomic mass is 9.97. The Hall–Kier alpha value is -0.760. The first-order chi connectivity index (χ1) is 19.3. The van der Waals surface area contributed by atoms with E-state index in [1.807, 2.05) is 0 Å². The molecule has 4 aliphatic rings. The highest BCUT2D eigenvalue weighted by atomic mass is 16.7. The third-order valence-corrected chi connectivity index (χ3v) is 7.38. The van der Waals surface area contributed by atoms with Gasteiger partial charge in [-0.1, -0.05) is 0 Å². The largest absolute Gasteiger partial charge is 0.388 e. The Kier molecular flexibility index (Phi) is 11.2. The summed E-state index contributed by atoms with van der Waals surface area (Å²) in [5.74, 6) is 0. The smallest absolute Gasteiger partial charge is 0.187 e. The maximum atomic E-state index is 10.6. The molecule has 0 amide bonds. The van der Waals surface area contributed by atoms with Crippen LogP contribution in [0.2, 0.25) is 0 Å². The van der Waals surface area contributed by atoms with Crippen molar-refractivity contribution in [3.8, 4) is 0 Å². The van der Waals surface area contributed by atoms with Gasteiger partial charge in [0.05, 0.1) is 26.4 Å². The van der Waals surface area contributed by atoms with E-state index in [9.17, 15) is 61.3 Å². The van der Waals surface area contributed by atoms with Gasteiger partial charge in [-0.25, -0.2) is 0 Å². The number of hydrogen-bond acceptors (Lipinski definition) is 19. The highest BCUT2D eigenvalue weighted by Crippen LogP contribution is 2.30. The van der Waals surface area contributed by atoms with Crippen molar-refractivity contribution in [2.45, 2.75) is 111 Å². The van der Waals surface area contributed by atoms with E-state index in [4.69, 9.17) is 33.2 Å². The van der Waals surface area contributed by atoms with E-state index in [-0.39, 0.29) is 13.2 Å². The zero-order valence-corrected chi connectivity index (χ0v) is 21.4. The van der Waals surface area contributed by atoms with Crippen molar-refractivity contribution < 1.29 is 94.4 Å². The predicted octanol–water partition coefficient (Wildman–Crippen LogP) is -8.47. The lowest BCUT2D eigenvalue weighted by molar-refractivity contribution is -0.365. The summed E-state index contributed by atoms with van der Waals surface area (Å²) in [6, 6.07) is 0. The average Bonchev–Trinajstić information content (AvgIpc) is 2.95. The zero-order chi connectivity index (χ0) is 30.2. The van der Waals surface area contributed by atoms with E-state index in [1.165, 1.54) is 0 Å². The molecule has 19 nitrogen and oxygen atoms in total. The van der Waals surface area contributed by atoms with Gasteiger partial charge in [0.1, 0.15) is 85.5 Å². The number of aliphatic hydroxyl groups is 12. The van der Waals surface area contributed by atoms with Crippen LogP contribution in [0.15, 0.2) is 0 Å². The van der Waals surface area contributed by atoms with Crippen molar-refractivity contribution in [2.75, 3.05) is 26.4 Å². The summed E-state index contributed by atoms with van der Waals surface area (Å²) in [6.07, 6.45) is -29.8. The fourth-order valence-electron chi connectivity index (χ4n) is 4.77. The Bertz CT molecular complexity index is 824. The monoisotopic (exact) mass is 606 g/mol. The average molecular weight is 607 g/mol. The Labute approximate surface area is 232 Å². The highest BCUT2D eigenvalue weighted by Gasteiger charge is 2.51. The van der Waals surface area contributed by atoms with Gasteiger partial charge in [-0.05, 0) is 0 Å². The van der Waals surface area contributed by atoms with Crippen LogP contribution in [0.25, 0.3) is 0 Å². The highest BCUT2D eigenvalue weighted by molar-refractivity contribution is 4.94. The number of aliphatic hydroxyl groups excluding tert-OH is 12. The Morgan fingerprint density at radius 3 is 1.49 bits per heavy atom. The van der Waals surface area contributed by atoms with Crippen molar-refractivity contribution in [1.82, 2.24) is 0 Å². The molecule has 0 aliphatic carbocycles. The predicted molar refractivity (Wildman–Crippen MR) is 122 cm³/mol. The summed E-state index contributed by atoms with van der Waals surface area (Å²) >= 11 is 0. The molecule has 0 unspecified atom stereocenters. The molecule has 18 atom stereocenters. The van der Waals surface area contributed by atoms with Gasteiger partial charge in [0, 0.05) is 0 Å². The number of rotatable bonds is 8. The van der Waals surface area contributed by atoms with Crippen LogP contribution in [-0.2, 0) is 33.2 Å². The lowest BCUT2D eigenvalue weighted by Gasteiger charge is -2.46. The third kappa shape index (κ3) is 7.15. The Morgan fingerprint density at radius 1 is 0.463 bits per heavy atom. The molecule has 4 heterocycles. The molecule has 4 fully saturated rings. The Balaban J connectivity index is 1.41. The van der Waals surface area contributed by atoms with Crippen molar-refractivity contribution >= 4 is 0 Å². The van der Waals surface area contributed by atoms with Gasteiger partial charge in [-0.15, -0.1) is 0 Å². The Morgan fingerprint density at radius 2 is 0.951 bits per heavy atom. The summed E-state index contributed by atoms with van der Waals surface area (Å²) < 4.78 is 37.3. The molecule has 0 aromatic carbocycles. The normalized spacial score (nSPS) is 53.3. The van der Waals surface area contributed by atoms with Gasteiger partial charge in [-0.3, -0.25) is 0 Å². The third-order valence-electron chi connectivity index (χ3n) is 7.38. The van der Waals surface area contributed by atoms with Gasteiger partial charge in [0.2, 0.25) is 0 Å². The zero-order valence-electron chi connectivity index (χ0n) is 21.4. The fourth-order valence-corrected chi connectivity index (χ4v) is 4.77. The van der Waals surface area contributed by atoms with Crippen LogP contribution in [0.4, 0.5) is 0 Å². The molecule has 4 saturated heterocycles. The molecular formula is C22H38O19. The topological polar surface area (TPSA) is 307 Å². The molecule has 0 aromatic heterocycles. The lowest BCUT2D eigenvalue weighted by Crippen LogP contribution is -2.65. The summed E-state index contributed by atoms with van der Waals surface area (Å²) in [5, 5.41) is 121. The molecule has 0 spiro atoms. The summed E-state index contributed by atoms with van der Waals surface area (Å²) in [7, 11) is 0. The van der Waals surface area contributed by atoms with Gasteiger partial charge in [0.15, 0.2) is 25.2 Å². The van der Waals surface area contributed by atoms with E-state index in [1.54, 1.807) is 0 Å². The second kappa shape index (κ2) is 13.9. The number of hydrogen-bond donors (Lipinski definition) is 12. The van der Waals surface area contributed by atoms with Crippen molar-refractivity contribution in [1.29, 1.82) is 0 Å². The minimum absolute atomic E-state index is 0.371. The van der Waals surface area contributed by atoms with Crippen LogP contribution in [0.3, 0.4) is 0 Å². The summed E-state index contributed by atoms with van der Waals surface area (Å²) in [5.41, 5.74) is 0. The molecule has 19 heteroatoms. The first-order valence-electron chi connectivity index (χ1n) is 12.9. The van der Waals surface area contributed by atoms with Crippen LogP contribution in [0, 0.1) is 0 Å². The number of ether oxygens (including phenoxy) is 7. The fraction of sp³-hybridized carbons (Fsp3) is 1.00. The molecule has 0 saturated carbocycles. The SMILES string of the molecule is O[C@@H]1[C@@H](O)[C@H](O[C@H]2[C@H](O)[C@@H](O)[C@H](O)O[C@@H]2CO[C@H]2OC[C@@H](O)[C@H](O)[C@H]2O)O[C@H](CO[C@H]2OC[C@@H](O)[C@H](O)[C@H]2O)[C@H]1O. The molecule has 0 bridgehead atoms. The van der Waals surface area contributed by atoms with Gasteiger partial charge >= 0.3 is 0 Å². The molecule has 4 aliphatic heterocycles. The van der Waals surface area contributed by atoms with E-state index in [0.29, 0.717) is 0 Å². The van der Waals surface area contributed by atoms with Gasteiger partial charge in [-0.2, -0.15) is 0 Å². The van der Waals surface area contributed by atoms with Crippen LogP contribution in [-0.4, -0.2) is 198 Å². The van der Waals surface area contributed by atoms with Crippen molar-refractivity contribution in [2.24, 2.45) is 0 Å². The first kappa shape index (κ1) is 33.1. The second-order valence-electron chi connectivity index (χ2n) is 10.3. The van der Waals surface area contributed by atoms with Crippen LogP contribution in [0.1, 0.15) is 0 Å². The second-order valence-corrected chi connectivity index (χ2v) is 10.3. The molecule has 0 aromatic rings. The first-order valence-corrected chi connectivity index (χ1v) is 12.9. The summed E-state index contributed by atoms with van der Waals surface area (Å²) in [6.45, 7) is -1.93. The van der Waals surface area contributed by atoms with Crippen LogP contribution >= 0.6 is 0 Å². The maximum Gasteiger partial charge on any atom is 0.187 e.